The molecule has 0 unspecified atom stereocenters. The van der Waals surface area contributed by atoms with Crippen LogP contribution in [0.4, 0.5) is 5.69 Å². The lowest BCUT2D eigenvalue weighted by Gasteiger charge is -2.20. The number of nitrogens with one attached hydrogen (secondary N) is 1. The van der Waals surface area contributed by atoms with Gasteiger partial charge < -0.3 is 14.2 Å². The van der Waals surface area contributed by atoms with E-state index in [1.54, 1.807) is 24.3 Å². The Morgan fingerprint density at radius 2 is 2.07 bits per heavy atom. The summed E-state index contributed by atoms with van der Waals surface area (Å²) in [6.07, 6.45) is -0.168. The molecule has 10 nitrogen and oxygen atoms in total. The van der Waals surface area contributed by atoms with Crippen LogP contribution in [0, 0.1) is 10.1 Å². The highest BCUT2D eigenvalue weighted by molar-refractivity contribution is 5.86. The second kappa shape index (κ2) is 7.68. The van der Waals surface area contributed by atoms with E-state index in [0.717, 1.165) is 0 Å². The summed E-state index contributed by atoms with van der Waals surface area (Å²) in [4.78, 5) is 34.8. The number of fused-ring (bicyclic) bond motifs is 2. The SMILES string of the molecule is O=C(Cc1n[nH]c(=O)c2ccccc12)OCc1cc([N+](=O)[O-])cc2c1OCOC2. The van der Waals surface area contributed by atoms with E-state index in [4.69, 9.17) is 14.2 Å². The van der Waals surface area contributed by atoms with Gasteiger partial charge in [-0.2, -0.15) is 5.10 Å². The van der Waals surface area contributed by atoms with Crippen LogP contribution in [0.2, 0.25) is 0 Å². The summed E-state index contributed by atoms with van der Waals surface area (Å²) in [7, 11) is 0. The average molecular weight is 397 g/mol. The molecule has 0 saturated carbocycles. The summed E-state index contributed by atoms with van der Waals surface area (Å²) in [6, 6.07) is 9.48. The molecule has 0 saturated heterocycles. The lowest BCUT2D eigenvalue weighted by molar-refractivity contribution is -0.385. The number of hydrogen-bond acceptors (Lipinski definition) is 8. The zero-order valence-electron chi connectivity index (χ0n) is 15.0. The zero-order chi connectivity index (χ0) is 20.4. The Hall–Kier alpha value is -3.79. The summed E-state index contributed by atoms with van der Waals surface area (Å²) in [5.41, 5.74) is 0.781. The zero-order valence-corrected chi connectivity index (χ0v) is 15.0. The van der Waals surface area contributed by atoms with Gasteiger partial charge in [0, 0.05) is 28.6 Å². The minimum atomic E-state index is -0.595. The van der Waals surface area contributed by atoms with Crippen LogP contribution in [0.1, 0.15) is 16.8 Å². The molecule has 29 heavy (non-hydrogen) atoms. The van der Waals surface area contributed by atoms with Crippen molar-refractivity contribution in [2.24, 2.45) is 0 Å². The van der Waals surface area contributed by atoms with Crippen LogP contribution in [0.15, 0.2) is 41.2 Å². The predicted octanol–water partition coefficient (Wildman–Crippen LogP) is 1.98. The van der Waals surface area contributed by atoms with Crippen molar-refractivity contribution in [2.45, 2.75) is 19.6 Å². The third-order valence-electron chi connectivity index (χ3n) is 4.46. The van der Waals surface area contributed by atoms with Gasteiger partial charge in [0.1, 0.15) is 12.4 Å². The molecule has 0 bridgehead atoms. The summed E-state index contributed by atoms with van der Waals surface area (Å²) >= 11 is 0. The van der Waals surface area contributed by atoms with Crippen molar-refractivity contribution in [1.29, 1.82) is 0 Å². The molecule has 0 amide bonds. The van der Waals surface area contributed by atoms with Crippen molar-refractivity contribution in [3.63, 3.8) is 0 Å². The molecule has 2 aromatic carbocycles. The molecule has 0 radical (unpaired) electrons. The first kappa shape index (κ1) is 18.6. The van der Waals surface area contributed by atoms with Crippen molar-refractivity contribution in [2.75, 3.05) is 6.79 Å². The number of aromatic amines is 1. The largest absolute Gasteiger partial charge is 0.467 e. The number of non-ortho nitro benzene ring substituents is 1. The fourth-order valence-corrected chi connectivity index (χ4v) is 3.15. The molecule has 3 aromatic rings. The van der Waals surface area contributed by atoms with Crippen molar-refractivity contribution in [3.8, 4) is 5.75 Å². The van der Waals surface area contributed by atoms with Gasteiger partial charge in [0.15, 0.2) is 6.79 Å². The minimum absolute atomic E-state index is 0.0129. The molecule has 148 valence electrons. The Labute approximate surface area is 163 Å². The highest BCUT2D eigenvalue weighted by atomic mass is 16.7. The number of aromatic nitrogens is 2. The number of nitro benzene ring substituents is 1. The standard InChI is InChI=1S/C19H15N3O7/c23-17(7-16-14-3-1-2-4-15(14)19(24)21-20-16)28-9-12-6-13(22(25)26)5-11-8-27-10-29-18(11)12/h1-6H,7-10H2,(H,21,24). The normalized spacial score (nSPS) is 12.8. The lowest BCUT2D eigenvalue weighted by atomic mass is 10.1. The van der Waals surface area contributed by atoms with Crippen molar-refractivity contribution in [1.82, 2.24) is 10.2 Å². The number of H-pyrrole nitrogens is 1. The van der Waals surface area contributed by atoms with Crippen molar-refractivity contribution in [3.05, 3.63) is 73.7 Å². The second-order valence-corrected chi connectivity index (χ2v) is 6.34. The summed E-state index contributed by atoms with van der Waals surface area (Å²) in [6.45, 7) is -0.0194. The fraction of sp³-hybridized carbons (Fsp3) is 0.211. The molecule has 0 fully saturated rings. The topological polar surface area (TPSA) is 134 Å². The molecule has 10 heteroatoms. The minimum Gasteiger partial charge on any atom is -0.467 e. The number of esters is 1. The molecule has 1 aliphatic heterocycles. The average Bonchev–Trinajstić information content (AvgIpc) is 2.74. The predicted molar refractivity (Wildman–Crippen MR) is 99.2 cm³/mol. The molecule has 0 atom stereocenters. The van der Waals surface area contributed by atoms with Crippen molar-refractivity contribution >= 4 is 22.4 Å². The maximum Gasteiger partial charge on any atom is 0.312 e. The van der Waals surface area contributed by atoms with E-state index in [9.17, 15) is 19.7 Å². The number of nitro groups is 1. The molecule has 2 heterocycles. The Morgan fingerprint density at radius 3 is 2.86 bits per heavy atom. The lowest BCUT2D eigenvalue weighted by Crippen LogP contribution is -2.17. The van der Waals surface area contributed by atoms with Crippen molar-refractivity contribution < 1.29 is 23.9 Å². The number of benzene rings is 2. The van der Waals surface area contributed by atoms with Gasteiger partial charge in [-0.05, 0) is 6.07 Å². The van der Waals surface area contributed by atoms with Crippen LogP contribution < -0.4 is 10.3 Å². The first-order valence-electron chi connectivity index (χ1n) is 8.65. The smallest absolute Gasteiger partial charge is 0.312 e. The molecular formula is C19H15N3O7. The first-order valence-corrected chi connectivity index (χ1v) is 8.65. The number of ether oxygens (including phenoxy) is 3. The van der Waals surface area contributed by atoms with Crippen LogP contribution >= 0.6 is 0 Å². The van der Waals surface area contributed by atoms with Gasteiger partial charge in [0.2, 0.25) is 0 Å². The van der Waals surface area contributed by atoms with E-state index < -0.39 is 10.9 Å². The van der Waals surface area contributed by atoms with Gasteiger partial charge >= 0.3 is 5.97 Å². The quantitative estimate of drug-likeness (QED) is 0.392. The van der Waals surface area contributed by atoms with E-state index in [-0.39, 0.29) is 37.7 Å². The Balaban J connectivity index is 1.54. The number of carbonyl (C=O) groups is 1. The molecule has 0 spiro atoms. The first-order chi connectivity index (χ1) is 14.0. The molecule has 1 aromatic heterocycles. The van der Waals surface area contributed by atoms with E-state index in [1.807, 2.05) is 0 Å². The van der Waals surface area contributed by atoms with E-state index >= 15 is 0 Å². The van der Waals surface area contributed by atoms with Gasteiger partial charge in [-0.15, -0.1) is 0 Å². The molecule has 1 N–H and O–H groups in total. The van der Waals surface area contributed by atoms with E-state index in [2.05, 4.69) is 10.2 Å². The van der Waals surface area contributed by atoms with Gasteiger partial charge in [-0.25, -0.2) is 5.10 Å². The Morgan fingerprint density at radius 1 is 1.28 bits per heavy atom. The summed E-state index contributed by atoms with van der Waals surface area (Å²) < 4.78 is 15.9. The Kier molecular flexibility index (Phi) is 4.92. The number of carbonyl (C=O) groups excluding carboxylic acids is 1. The Bertz CT molecular complexity index is 1170. The third kappa shape index (κ3) is 3.78. The van der Waals surface area contributed by atoms with Crippen LogP contribution in [0.3, 0.4) is 0 Å². The molecular weight excluding hydrogens is 382 g/mol. The van der Waals surface area contributed by atoms with Crippen LogP contribution in [-0.2, 0) is 33.9 Å². The summed E-state index contributed by atoms with van der Waals surface area (Å²) in [5.74, 6) is -0.177. The maximum absolute atomic E-state index is 12.3. The molecule has 4 rings (SSSR count). The van der Waals surface area contributed by atoms with Crippen LogP contribution in [-0.4, -0.2) is 27.9 Å². The van der Waals surface area contributed by atoms with Gasteiger partial charge in [0.25, 0.3) is 11.2 Å². The molecule has 1 aliphatic rings. The fourth-order valence-electron chi connectivity index (χ4n) is 3.15. The van der Waals surface area contributed by atoms with Gasteiger partial charge in [-0.3, -0.25) is 19.7 Å². The van der Waals surface area contributed by atoms with E-state index in [1.165, 1.54) is 12.1 Å². The third-order valence-corrected chi connectivity index (χ3v) is 4.46. The summed E-state index contributed by atoms with van der Waals surface area (Å²) in [5, 5.41) is 18.4. The number of rotatable bonds is 5. The molecule has 0 aliphatic carbocycles. The number of nitrogens with zero attached hydrogens (tertiary/aromatic N) is 2. The highest BCUT2D eigenvalue weighted by Crippen LogP contribution is 2.33. The second-order valence-electron chi connectivity index (χ2n) is 6.34. The van der Waals surface area contributed by atoms with Gasteiger partial charge in [0.05, 0.1) is 29.0 Å². The monoisotopic (exact) mass is 397 g/mol. The maximum atomic E-state index is 12.3. The van der Waals surface area contributed by atoms with E-state index in [0.29, 0.717) is 33.3 Å². The van der Waals surface area contributed by atoms with Crippen LogP contribution in [0.5, 0.6) is 5.75 Å². The van der Waals surface area contributed by atoms with Crippen LogP contribution in [0.25, 0.3) is 10.8 Å². The number of hydrogen-bond donors (Lipinski definition) is 1. The van der Waals surface area contributed by atoms with Gasteiger partial charge in [-0.1, -0.05) is 18.2 Å². The highest BCUT2D eigenvalue weighted by Gasteiger charge is 2.22.